The lowest BCUT2D eigenvalue weighted by atomic mass is 10.2. The number of anilines is 2. The normalized spacial score (nSPS) is 19.2. The van der Waals surface area contributed by atoms with Crippen molar-refractivity contribution in [1.29, 1.82) is 0 Å². The second kappa shape index (κ2) is 5.37. The van der Waals surface area contributed by atoms with Gasteiger partial charge in [0, 0.05) is 13.2 Å². The Bertz CT molecular complexity index is 399. The average Bonchev–Trinajstić information content (AvgIpc) is 2.94. The van der Waals surface area contributed by atoms with Gasteiger partial charge in [0.1, 0.15) is 4.88 Å². The summed E-state index contributed by atoms with van der Waals surface area (Å²) in [5.74, 6) is -0.391. The van der Waals surface area contributed by atoms with Crippen molar-refractivity contribution in [3.8, 4) is 0 Å². The minimum absolute atomic E-state index is 0.264. The van der Waals surface area contributed by atoms with Gasteiger partial charge in [0.05, 0.1) is 23.9 Å². The summed E-state index contributed by atoms with van der Waals surface area (Å²) in [6.45, 7) is 1.59. The Labute approximate surface area is 104 Å². The number of ether oxygens (including phenoxy) is 2. The van der Waals surface area contributed by atoms with Crippen LogP contribution in [-0.4, -0.2) is 32.3 Å². The minimum Gasteiger partial charge on any atom is -0.465 e. The van der Waals surface area contributed by atoms with E-state index in [1.54, 1.807) is 6.07 Å². The number of nitrogen functional groups attached to an aromatic ring is 1. The Kier molecular flexibility index (Phi) is 3.86. The van der Waals surface area contributed by atoms with Gasteiger partial charge in [-0.3, -0.25) is 0 Å². The topological polar surface area (TPSA) is 73.6 Å². The van der Waals surface area contributed by atoms with Crippen LogP contribution in [0.1, 0.15) is 22.5 Å². The first-order chi connectivity index (χ1) is 8.20. The number of nitrogens with one attached hydrogen (secondary N) is 1. The molecule has 1 aromatic heterocycles. The fourth-order valence-electron chi connectivity index (χ4n) is 1.76. The minimum atomic E-state index is -0.391. The molecular weight excluding hydrogens is 240 g/mol. The summed E-state index contributed by atoms with van der Waals surface area (Å²) in [7, 11) is 1.35. The molecule has 2 heterocycles. The summed E-state index contributed by atoms with van der Waals surface area (Å²) >= 11 is 1.31. The number of thiophene rings is 1. The number of methoxy groups -OCH3 is 1. The highest BCUT2D eigenvalue weighted by Crippen LogP contribution is 2.30. The second-order valence-corrected chi connectivity index (χ2v) is 4.95. The van der Waals surface area contributed by atoms with Gasteiger partial charge >= 0.3 is 5.97 Å². The number of hydrogen-bond donors (Lipinski definition) is 2. The van der Waals surface area contributed by atoms with E-state index in [2.05, 4.69) is 10.1 Å². The molecule has 0 radical (unpaired) electrons. The van der Waals surface area contributed by atoms with Crippen molar-refractivity contribution in [2.45, 2.75) is 18.9 Å². The molecule has 2 rings (SSSR count). The Morgan fingerprint density at radius 3 is 3.24 bits per heavy atom. The van der Waals surface area contributed by atoms with Crippen LogP contribution in [0.3, 0.4) is 0 Å². The Hall–Kier alpha value is -1.27. The summed E-state index contributed by atoms with van der Waals surface area (Å²) < 4.78 is 10.1. The van der Waals surface area contributed by atoms with Crippen molar-refractivity contribution in [2.24, 2.45) is 0 Å². The molecule has 5 nitrogen and oxygen atoms in total. The van der Waals surface area contributed by atoms with E-state index in [-0.39, 0.29) is 6.10 Å². The van der Waals surface area contributed by atoms with Crippen LogP contribution in [0.4, 0.5) is 10.7 Å². The van der Waals surface area contributed by atoms with Gasteiger partial charge in [-0.25, -0.2) is 4.79 Å². The van der Waals surface area contributed by atoms with Crippen LogP contribution >= 0.6 is 11.3 Å². The molecule has 0 aromatic carbocycles. The molecule has 3 N–H and O–H groups in total. The van der Waals surface area contributed by atoms with Crippen molar-refractivity contribution in [3.63, 3.8) is 0 Å². The number of carbonyl (C=O) groups excluding carboxylic acids is 1. The lowest BCUT2D eigenvalue weighted by Crippen LogP contribution is -2.17. The van der Waals surface area contributed by atoms with Gasteiger partial charge in [-0.2, -0.15) is 0 Å². The first kappa shape index (κ1) is 12.2. The molecule has 1 aliphatic rings. The first-order valence-electron chi connectivity index (χ1n) is 5.54. The zero-order valence-electron chi connectivity index (χ0n) is 9.69. The molecule has 0 aliphatic carbocycles. The summed E-state index contributed by atoms with van der Waals surface area (Å²) in [4.78, 5) is 11.8. The van der Waals surface area contributed by atoms with Crippen molar-refractivity contribution in [1.82, 2.24) is 0 Å². The van der Waals surface area contributed by atoms with Crippen molar-refractivity contribution >= 4 is 28.0 Å². The van der Waals surface area contributed by atoms with Crippen molar-refractivity contribution in [3.05, 3.63) is 10.9 Å². The molecule has 1 aromatic rings. The van der Waals surface area contributed by atoms with Crippen LogP contribution in [0.2, 0.25) is 0 Å². The van der Waals surface area contributed by atoms with E-state index in [9.17, 15) is 4.79 Å². The maximum absolute atomic E-state index is 11.4. The van der Waals surface area contributed by atoms with Gasteiger partial charge in [0.25, 0.3) is 0 Å². The monoisotopic (exact) mass is 256 g/mol. The fourth-order valence-corrected chi connectivity index (χ4v) is 2.67. The standard InChI is InChI=1S/C11H16N2O3S/c1-15-11(14)10-8(12)5-9(17-10)13-6-7-3-2-4-16-7/h5,7,13H,2-4,6,12H2,1H3. The molecular formula is C11H16N2O3S. The van der Waals surface area contributed by atoms with E-state index in [1.807, 2.05) is 0 Å². The third-order valence-electron chi connectivity index (χ3n) is 2.66. The van der Waals surface area contributed by atoms with Gasteiger partial charge in [-0.05, 0) is 18.9 Å². The van der Waals surface area contributed by atoms with Crippen LogP contribution in [-0.2, 0) is 9.47 Å². The largest absolute Gasteiger partial charge is 0.465 e. The maximum atomic E-state index is 11.4. The summed E-state index contributed by atoms with van der Waals surface area (Å²) in [6, 6.07) is 1.76. The molecule has 94 valence electrons. The fraction of sp³-hybridized carbons (Fsp3) is 0.545. The zero-order chi connectivity index (χ0) is 12.3. The van der Waals surface area contributed by atoms with E-state index in [1.165, 1.54) is 18.4 Å². The third-order valence-corrected chi connectivity index (χ3v) is 3.75. The van der Waals surface area contributed by atoms with Crippen LogP contribution in [0.15, 0.2) is 6.07 Å². The molecule has 1 unspecified atom stereocenters. The lowest BCUT2D eigenvalue weighted by molar-refractivity contribution is 0.0607. The van der Waals surface area contributed by atoms with Gasteiger partial charge in [0.15, 0.2) is 0 Å². The SMILES string of the molecule is COC(=O)c1sc(NCC2CCCO2)cc1N. The molecule has 0 spiro atoms. The highest BCUT2D eigenvalue weighted by molar-refractivity contribution is 7.18. The predicted octanol–water partition coefficient (Wildman–Crippen LogP) is 1.71. The number of rotatable bonds is 4. The van der Waals surface area contributed by atoms with Gasteiger partial charge < -0.3 is 20.5 Å². The number of nitrogens with two attached hydrogens (primary N) is 1. The number of carbonyl (C=O) groups is 1. The Morgan fingerprint density at radius 2 is 2.59 bits per heavy atom. The Morgan fingerprint density at radius 1 is 1.76 bits per heavy atom. The van der Waals surface area contributed by atoms with E-state index in [0.717, 1.165) is 31.0 Å². The molecule has 0 amide bonds. The molecule has 1 aliphatic heterocycles. The third kappa shape index (κ3) is 2.89. The smallest absolute Gasteiger partial charge is 0.350 e. The van der Waals surface area contributed by atoms with Crippen LogP contribution in [0.5, 0.6) is 0 Å². The first-order valence-corrected chi connectivity index (χ1v) is 6.35. The molecule has 17 heavy (non-hydrogen) atoms. The van der Waals surface area contributed by atoms with E-state index < -0.39 is 5.97 Å². The maximum Gasteiger partial charge on any atom is 0.350 e. The number of esters is 1. The number of hydrogen-bond acceptors (Lipinski definition) is 6. The molecule has 6 heteroatoms. The van der Waals surface area contributed by atoms with Crippen LogP contribution in [0, 0.1) is 0 Å². The highest BCUT2D eigenvalue weighted by Gasteiger charge is 2.17. The summed E-state index contributed by atoms with van der Waals surface area (Å²) in [5.41, 5.74) is 6.20. The van der Waals surface area contributed by atoms with Gasteiger partial charge in [-0.15, -0.1) is 11.3 Å². The van der Waals surface area contributed by atoms with Crippen LogP contribution < -0.4 is 11.1 Å². The molecule has 1 fully saturated rings. The Balaban J connectivity index is 1.94. The summed E-state index contributed by atoms with van der Waals surface area (Å²) in [5, 5.41) is 4.11. The van der Waals surface area contributed by atoms with Crippen LogP contribution in [0.25, 0.3) is 0 Å². The zero-order valence-corrected chi connectivity index (χ0v) is 10.5. The second-order valence-electron chi connectivity index (χ2n) is 3.90. The lowest BCUT2D eigenvalue weighted by Gasteiger charge is -2.09. The van der Waals surface area contributed by atoms with Crippen molar-refractivity contribution < 1.29 is 14.3 Å². The van der Waals surface area contributed by atoms with E-state index in [0.29, 0.717) is 10.6 Å². The molecule has 0 bridgehead atoms. The van der Waals surface area contributed by atoms with E-state index >= 15 is 0 Å². The van der Waals surface area contributed by atoms with E-state index in [4.69, 9.17) is 10.5 Å². The quantitative estimate of drug-likeness (QED) is 0.802. The molecule has 1 saturated heterocycles. The highest BCUT2D eigenvalue weighted by atomic mass is 32.1. The predicted molar refractivity (Wildman–Crippen MR) is 67.5 cm³/mol. The average molecular weight is 256 g/mol. The molecule has 0 saturated carbocycles. The summed E-state index contributed by atoms with van der Waals surface area (Å²) in [6.07, 6.45) is 2.46. The molecule has 1 atom stereocenters. The van der Waals surface area contributed by atoms with Gasteiger partial charge in [-0.1, -0.05) is 0 Å². The van der Waals surface area contributed by atoms with Gasteiger partial charge in [0.2, 0.25) is 0 Å². The van der Waals surface area contributed by atoms with Crippen molar-refractivity contribution in [2.75, 3.05) is 31.3 Å².